The van der Waals surface area contributed by atoms with Gasteiger partial charge in [-0.15, -0.1) is 0 Å². The van der Waals surface area contributed by atoms with Gasteiger partial charge in [-0.1, -0.05) is 58.4 Å². The molecule has 20 heavy (non-hydrogen) atoms. The second-order valence-corrected chi connectivity index (χ2v) is 5.36. The molecule has 0 radical (unpaired) electrons. The molecule has 0 N–H and O–H groups in total. The van der Waals surface area contributed by atoms with Crippen LogP contribution >= 0.6 is 15.9 Å². The number of benzene rings is 3. The van der Waals surface area contributed by atoms with Crippen LogP contribution < -0.4 is 4.74 Å². The highest BCUT2D eigenvalue weighted by molar-refractivity contribution is 9.08. The van der Waals surface area contributed by atoms with Crippen LogP contribution in [0.1, 0.15) is 11.1 Å². The summed E-state index contributed by atoms with van der Waals surface area (Å²) in [5.41, 5.74) is 2.52. The maximum Gasteiger partial charge on any atom is 0.135 e. The third kappa shape index (κ3) is 2.56. The van der Waals surface area contributed by atoms with Gasteiger partial charge in [-0.2, -0.15) is 0 Å². The van der Waals surface area contributed by atoms with Crippen molar-refractivity contribution in [2.45, 2.75) is 12.3 Å². The lowest BCUT2D eigenvalue weighted by molar-refractivity contribution is 0.488. The molecule has 2 heteroatoms. The molecule has 0 fully saturated rings. The van der Waals surface area contributed by atoms with E-state index < -0.39 is 0 Å². The lowest BCUT2D eigenvalue weighted by Gasteiger charge is -2.11. The van der Waals surface area contributed by atoms with Gasteiger partial charge < -0.3 is 4.74 Å². The molecule has 0 aliphatic carbocycles. The van der Waals surface area contributed by atoms with E-state index in [9.17, 15) is 0 Å². The molecule has 0 bridgehead atoms. The number of ether oxygens (including phenoxy) is 1. The van der Waals surface area contributed by atoms with Crippen molar-refractivity contribution in [3.05, 3.63) is 71.8 Å². The van der Waals surface area contributed by atoms with Gasteiger partial charge in [0, 0.05) is 10.7 Å². The van der Waals surface area contributed by atoms with E-state index in [1.165, 1.54) is 16.5 Å². The van der Waals surface area contributed by atoms with E-state index in [4.69, 9.17) is 4.74 Å². The van der Waals surface area contributed by atoms with Crippen LogP contribution in [0.2, 0.25) is 0 Å². The molecule has 3 rings (SSSR count). The molecule has 0 aliphatic rings. The maximum absolute atomic E-state index is 6.06. The zero-order valence-electron chi connectivity index (χ0n) is 11.3. The van der Waals surface area contributed by atoms with Crippen LogP contribution in [-0.2, 0) is 5.33 Å². The van der Waals surface area contributed by atoms with E-state index in [2.05, 4.69) is 53.2 Å². The van der Waals surface area contributed by atoms with E-state index in [1.54, 1.807) is 0 Å². The number of alkyl halides is 1. The molecular formula is C18H15BrO. The quantitative estimate of drug-likeness (QED) is 0.550. The third-order valence-corrected chi connectivity index (χ3v) is 4.04. The Labute approximate surface area is 127 Å². The summed E-state index contributed by atoms with van der Waals surface area (Å²) < 4.78 is 6.06. The number of hydrogen-bond acceptors (Lipinski definition) is 1. The van der Waals surface area contributed by atoms with Gasteiger partial charge >= 0.3 is 0 Å². The van der Waals surface area contributed by atoms with E-state index in [0.29, 0.717) is 0 Å². The van der Waals surface area contributed by atoms with Crippen molar-refractivity contribution in [1.29, 1.82) is 0 Å². The van der Waals surface area contributed by atoms with Crippen LogP contribution in [0.3, 0.4) is 0 Å². The highest BCUT2D eigenvalue weighted by Crippen LogP contribution is 2.30. The Morgan fingerprint density at radius 3 is 2.55 bits per heavy atom. The normalized spacial score (nSPS) is 10.7. The summed E-state index contributed by atoms with van der Waals surface area (Å²) in [6, 6.07) is 20.6. The van der Waals surface area contributed by atoms with Crippen LogP contribution in [0.25, 0.3) is 10.8 Å². The topological polar surface area (TPSA) is 9.23 Å². The molecule has 0 heterocycles. The SMILES string of the molecule is Cc1cc(Oc2cccc3ccccc23)ccc1CBr. The minimum atomic E-state index is 0.868. The number of rotatable bonds is 3. The minimum Gasteiger partial charge on any atom is -0.457 e. The van der Waals surface area contributed by atoms with Crippen LogP contribution in [0.4, 0.5) is 0 Å². The summed E-state index contributed by atoms with van der Waals surface area (Å²) in [6.45, 7) is 2.10. The van der Waals surface area contributed by atoms with Gasteiger partial charge in [-0.05, 0) is 41.6 Å². The molecule has 0 aliphatic heterocycles. The Bertz CT molecular complexity index is 744. The van der Waals surface area contributed by atoms with Crippen LogP contribution in [0.15, 0.2) is 60.7 Å². The predicted molar refractivity (Wildman–Crippen MR) is 87.8 cm³/mol. The van der Waals surface area contributed by atoms with Crippen molar-refractivity contribution < 1.29 is 4.74 Å². The lowest BCUT2D eigenvalue weighted by atomic mass is 10.1. The Hall–Kier alpha value is -1.80. The predicted octanol–water partition coefficient (Wildman–Crippen LogP) is 5.84. The van der Waals surface area contributed by atoms with E-state index in [0.717, 1.165) is 22.2 Å². The second-order valence-electron chi connectivity index (χ2n) is 4.80. The molecule has 0 amide bonds. The minimum absolute atomic E-state index is 0.868. The summed E-state index contributed by atoms with van der Waals surface area (Å²) in [5.74, 6) is 1.78. The molecule has 0 spiro atoms. The van der Waals surface area contributed by atoms with Gasteiger partial charge in [0.25, 0.3) is 0 Å². The molecule has 0 saturated heterocycles. The van der Waals surface area contributed by atoms with Crippen molar-refractivity contribution in [2.24, 2.45) is 0 Å². The van der Waals surface area contributed by atoms with Gasteiger partial charge in [-0.25, -0.2) is 0 Å². The van der Waals surface area contributed by atoms with Crippen LogP contribution in [0.5, 0.6) is 11.5 Å². The van der Waals surface area contributed by atoms with E-state index in [-0.39, 0.29) is 0 Å². The van der Waals surface area contributed by atoms with Gasteiger partial charge in [-0.3, -0.25) is 0 Å². The number of fused-ring (bicyclic) bond motifs is 1. The first kappa shape index (κ1) is 13.2. The molecule has 0 aromatic heterocycles. The molecule has 0 atom stereocenters. The maximum atomic E-state index is 6.06. The van der Waals surface area contributed by atoms with Gasteiger partial charge in [0.1, 0.15) is 11.5 Å². The summed E-state index contributed by atoms with van der Waals surface area (Å²) in [6.07, 6.45) is 0. The fourth-order valence-electron chi connectivity index (χ4n) is 2.29. The Morgan fingerprint density at radius 1 is 0.950 bits per heavy atom. The van der Waals surface area contributed by atoms with Crippen molar-refractivity contribution in [2.75, 3.05) is 0 Å². The number of aryl methyl sites for hydroxylation is 1. The van der Waals surface area contributed by atoms with Crippen LogP contribution in [0, 0.1) is 6.92 Å². The summed E-state index contributed by atoms with van der Waals surface area (Å²) in [5, 5.41) is 3.20. The third-order valence-electron chi connectivity index (χ3n) is 3.44. The molecule has 3 aromatic carbocycles. The summed E-state index contributed by atoms with van der Waals surface area (Å²) in [7, 11) is 0. The first-order valence-corrected chi connectivity index (χ1v) is 7.71. The molecule has 0 unspecified atom stereocenters. The fraction of sp³-hybridized carbons (Fsp3) is 0.111. The van der Waals surface area contributed by atoms with Gasteiger partial charge in [0.15, 0.2) is 0 Å². The molecule has 100 valence electrons. The largest absolute Gasteiger partial charge is 0.457 e. The zero-order valence-corrected chi connectivity index (χ0v) is 12.9. The van der Waals surface area contributed by atoms with Crippen LogP contribution in [-0.4, -0.2) is 0 Å². The van der Waals surface area contributed by atoms with Crippen molar-refractivity contribution in [3.63, 3.8) is 0 Å². The van der Waals surface area contributed by atoms with Gasteiger partial charge in [0.05, 0.1) is 0 Å². The molecular weight excluding hydrogens is 312 g/mol. The number of hydrogen-bond donors (Lipinski definition) is 0. The molecule has 3 aromatic rings. The monoisotopic (exact) mass is 326 g/mol. The highest BCUT2D eigenvalue weighted by atomic mass is 79.9. The number of halogens is 1. The van der Waals surface area contributed by atoms with E-state index >= 15 is 0 Å². The fourth-order valence-corrected chi connectivity index (χ4v) is 2.92. The Balaban J connectivity index is 1.99. The average molecular weight is 327 g/mol. The van der Waals surface area contributed by atoms with Crippen molar-refractivity contribution in [3.8, 4) is 11.5 Å². The zero-order chi connectivity index (χ0) is 13.9. The van der Waals surface area contributed by atoms with Crippen molar-refractivity contribution >= 4 is 26.7 Å². The van der Waals surface area contributed by atoms with Crippen molar-refractivity contribution in [1.82, 2.24) is 0 Å². The first-order valence-electron chi connectivity index (χ1n) is 6.59. The smallest absolute Gasteiger partial charge is 0.135 e. The van der Waals surface area contributed by atoms with Gasteiger partial charge in [0.2, 0.25) is 0 Å². The average Bonchev–Trinajstić information content (AvgIpc) is 2.48. The Morgan fingerprint density at radius 2 is 1.75 bits per heavy atom. The van der Waals surface area contributed by atoms with E-state index in [1.807, 2.05) is 30.3 Å². The Kier molecular flexibility index (Phi) is 3.75. The summed E-state index contributed by atoms with van der Waals surface area (Å²) >= 11 is 3.49. The molecule has 1 nitrogen and oxygen atoms in total. The standard InChI is InChI=1S/C18H15BrO/c1-13-11-16(10-9-15(13)12-19)20-18-8-4-6-14-5-2-3-7-17(14)18/h2-11H,12H2,1H3. The first-order chi connectivity index (χ1) is 9.78. The molecule has 0 saturated carbocycles. The second kappa shape index (κ2) is 5.68. The lowest BCUT2D eigenvalue weighted by Crippen LogP contribution is -1.89. The highest BCUT2D eigenvalue weighted by Gasteiger charge is 2.04. The summed E-state index contributed by atoms with van der Waals surface area (Å²) in [4.78, 5) is 0.